The minimum absolute atomic E-state index is 0.0137. The zero-order chi connectivity index (χ0) is 13.8. The van der Waals surface area contributed by atoms with Crippen molar-refractivity contribution < 1.29 is 0 Å². The minimum atomic E-state index is -0.0137. The van der Waals surface area contributed by atoms with Crippen molar-refractivity contribution in [1.82, 2.24) is 9.55 Å². The van der Waals surface area contributed by atoms with Crippen LogP contribution in [0.15, 0.2) is 59.0 Å². The number of hydrogen-bond donors (Lipinski definition) is 0. The van der Waals surface area contributed by atoms with E-state index in [2.05, 4.69) is 18.1 Å². The van der Waals surface area contributed by atoms with E-state index in [9.17, 15) is 4.79 Å². The molecule has 0 saturated carbocycles. The number of rotatable bonds is 5. The summed E-state index contributed by atoms with van der Waals surface area (Å²) >= 11 is 1.51. The SMILES string of the molecule is C=CCSc1nc2ccccc2c(=O)n1CC(=C)C. The molecule has 1 aromatic carbocycles. The van der Waals surface area contributed by atoms with E-state index in [0.29, 0.717) is 17.1 Å². The molecule has 2 aromatic rings. The Morgan fingerprint density at radius 2 is 2.21 bits per heavy atom. The first kappa shape index (κ1) is 13.6. The highest BCUT2D eigenvalue weighted by atomic mass is 32.2. The number of aromatic nitrogens is 2. The topological polar surface area (TPSA) is 34.9 Å². The van der Waals surface area contributed by atoms with Crippen LogP contribution in [0.1, 0.15) is 6.92 Å². The molecule has 1 aromatic heterocycles. The molecule has 0 saturated heterocycles. The molecule has 98 valence electrons. The third-order valence-corrected chi connectivity index (χ3v) is 3.56. The average molecular weight is 272 g/mol. The van der Waals surface area contributed by atoms with Gasteiger partial charge in [0.2, 0.25) is 0 Å². The maximum atomic E-state index is 12.5. The lowest BCUT2D eigenvalue weighted by atomic mass is 10.2. The second-order valence-corrected chi connectivity index (χ2v) is 5.35. The van der Waals surface area contributed by atoms with E-state index in [0.717, 1.165) is 16.8 Å². The maximum absolute atomic E-state index is 12.5. The van der Waals surface area contributed by atoms with Crippen LogP contribution in [0.3, 0.4) is 0 Å². The van der Waals surface area contributed by atoms with Crippen molar-refractivity contribution in [3.8, 4) is 0 Å². The maximum Gasteiger partial charge on any atom is 0.262 e. The number of thioether (sulfide) groups is 1. The zero-order valence-corrected chi connectivity index (χ0v) is 11.7. The molecule has 0 aliphatic carbocycles. The van der Waals surface area contributed by atoms with Gasteiger partial charge in [0.05, 0.1) is 10.9 Å². The fourth-order valence-electron chi connectivity index (χ4n) is 1.80. The Balaban J connectivity index is 2.65. The Hall–Kier alpha value is -1.81. The zero-order valence-electron chi connectivity index (χ0n) is 10.9. The first-order valence-electron chi connectivity index (χ1n) is 6.01. The van der Waals surface area contributed by atoms with Gasteiger partial charge in [-0.2, -0.15) is 0 Å². The lowest BCUT2D eigenvalue weighted by Crippen LogP contribution is -2.23. The summed E-state index contributed by atoms with van der Waals surface area (Å²) in [5, 5.41) is 1.36. The molecule has 3 nitrogen and oxygen atoms in total. The number of nitrogens with zero attached hydrogens (tertiary/aromatic N) is 2. The molecule has 19 heavy (non-hydrogen) atoms. The first-order chi connectivity index (χ1) is 9.13. The molecule has 0 aliphatic heterocycles. The monoisotopic (exact) mass is 272 g/mol. The van der Waals surface area contributed by atoms with Crippen LogP contribution < -0.4 is 5.56 Å². The van der Waals surface area contributed by atoms with Crippen LogP contribution in [0.5, 0.6) is 0 Å². The Kier molecular flexibility index (Phi) is 4.22. The van der Waals surface area contributed by atoms with Crippen LogP contribution >= 0.6 is 11.8 Å². The smallest absolute Gasteiger partial charge is 0.262 e. The summed E-state index contributed by atoms with van der Waals surface area (Å²) < 4.78 is 1.68. The van der Waals surface area contributed by atoms with Gasteiger partial charge in [-0.15, -0.1) is 6.58 Å². The van der Waals surface area contributed by atoms with Crippen LogP contribution in [0.4, 0.5) is 0 Å². The summed E-state index contributed by atoms with van der Waals surface area (Å²) in [4.78, 5) is 17.1. The fourth-order valence-corrected chi connectivity index (χ4v) is 2.53. The molecular weight excluding hydrogens is 256 g/mol. The summed E-state index contributed by atoms with van der Waals surface area (Å²) in [5.41, 5.74) is 1.65. The molecule has 2 rings (SSSR count). The molecule has 0 N–H and O–H groups in total. The second kappa shape index (κ2) is 5.89. The van der Waals surface area contributed by atoms with E-state index in [1.807, 2.05) is 31.2 Å². The Morgan fingerprint density at radius 1 is 1.47 bits per heavy atom. The standard InChI is InChI=1S/C15H16N2OS/c1-4-9-19-15-16-13-8-6-5-7-12(13)14(18)17(15)10-11(2)3/h4-8H,1-2,9-10H2,3H3. The van der Waals surface area contributed by atoms with Crippen molar-refractivity contribution in [2.45, 2.75) is 18.6 Å². The largest absolute Gasteiger partial charge is 0.283 e. The number of para-hydroxylation sites is 1. The molecule has 0 bridgehead atoms. The van der Waals surface area contributed by atoms with Crippen molar-refractivity contribution in [2.24, 2.45) is 0 Å². The van der Waals surface area contributed by atoms with Crippen LogP contribution in [-0.4, -0.2) is 15.3 Å². The van der Waals surface area contributed by atoms with Gasteiger partial charge in [0.25, 0.3) is 5.56 Å². The molecule has 0 aliphatic rings. The number of benzene rings is 1. The van der Waals surface area contributed by atoms with E-state index >= 15 is 0 Å². The lowest BCUT2D eigenvalue weighted by molar-refractivity contribution is 0.652. The third kappa shape index (κ3) is 2.96. The van der Waals surface area contributed by atoms with Gasteiger partial charge in [0, 0.05) is 12.3 Å². The van der Waals surface area contributed by atoms with Crippen molar-refractivity contribution in [3.63, 3.8) is 0 Å². The Bertz CT molecular complexity index is 688. The molecular formula is C15H16N2OS. The lowest BCUT2D eigenvalue weighted by Gasteiger charge is -2.12. The van der Waals surface area contributed by atoms with E-state index in [-0.39, 0.29) is 5.56 Å². The summed E-state index contributed by atoms with van der Waals surface area (Å²) in [6.07, 6.45) is 1.80. The molecule has 1 heterocycles. The normalized spacial score (nSPS) is 10.6. The number of fused-ring (bicyclic) bond motifs is 1. The molecule has 0 atom stereocenters. The molecule has 0 unspecified atom stereocenters. The van der Waals surface area contributed by atoms with Crippen LogP contribution in [-0.2, 0) is 6.54 Å². The highest BCUT2D eigenvalue weighted by molar-refractivity contribution is 7.99. The van der Waals surface area contributed by atoms with Gasteiger partial charge in [-0.3, -0.25) is 9.36 Å². The van der Waals surface area contributed by atoms with Gasteiger partial charge in [0.1, 0.15) is 0 Å². The Morgan fingerprint density at radius 3 is 2.89 bits per heavy atom. The van der Waals surface area contributed by atoms with Gasteiger partial charge in [-0.05, 0) is 19.1 Å². The van der Waals surface area contributed by atoms with E-state index in [1.54, 1.807) is 10.6 Å². The number of hydrogen-bond acceptors (Lipinski definition) is 3. The van der Waals surface area contributed by atoms with E-state index in [4.69, 9.17) is 0 Å². The molecule has 0 amide bonds. The van der Waals surface area contributed by atoms with Crippen LogP contribution in [0.2, 0.25) is 0 Å². The van der Waals surface area contributed by atoms with Gasteiger partial charge in [0.15, 0.2) is 5.16 Å². The Labute approximate surface area is 116 Å². The quantitative estimate of drug-likeness (QED) is 0.476. The van der Waals surface area contributed by atoms with E-state index in [1.165, 1.54) is 11.8 Å². The van der Waals surface area contributed by atoms with Gasteiger partial charge >= 0.3 is 0 Å². The minimum Gasteiger partial charge on any atom is -0.283 e. The summed E-state index contributed by atoms with van der Waals surface area (Å²) in [6.45, 7) is 9.98. The second-order valence-electron chi connectivity index (χ2n) is 4.36. The number of allylic oxidation sites excluding steroid dienone is 1. The van der Waals surface area contributed by atoms with Gasteiger partial charge in [-0.1, -0.05) is 42.1 Å². The highest BCUT2D eigenvalue weighted by Crippen LogP contribution is 2.18. The van der Waals surface area contributed by atoms with Crippen LogP contribution in [0, 0.1) is 0 Å². The van der Waals surface area contributed by atoms with Crippen molar-refractivity contribution in [3.05, 3.63) is 59.4 Å². The summed E-state index contributed by atoms with van der Waals surface area (Å²) in [7, 11) is 0. The predicted octanol–water partition coefficient (Wildman–Crippen LogP) is 3.25. The van der Waals surface area contributed by atoms with Crippen molar-refractivity contribution >= 4 is 22.7 Å². The summed E-state index contributed by atoms with van der Waals surface area (Å²) in [5.74, 6) is 0.723. The van der Waals surface area contributed by atoms with Crippen LogP contribution in [0.25, 0.3) is 10.9 Å². The van der Waals surface area contributed by atoms with Crippen molar-refractivity contribution in [2.75, 3.05) is 5.75 Å². The fraction of sp³-hybridized carbons (Fsp3) is 0.200. The predicted molar refractivity (Wildman–Crippen MR) is 81.7 cm³/mol. The average Bonchev–Trinajstić information content (AvgIpc) is 2.40. The van der Waals surface area contributed by atoms with Gasteiger partial charge < -0.3 is 0 Å². The van der Waals surface area contributed by atoms with Crippen molar-refractivity contribution in [1.29, 1.82) is 0 Å². The summed E-state index contributed by atoms with van der Waals surface area (Å²) in [6, 6.07) is 7.41. The van der Waals surface area contributed by atoms with Gasteiger partial charge in [-0.25, -0.2) is 4.98 Å². The molecule has 0 radical (unpaired) electrons. The third-order valence-electron chi connectivity index (χ3n) is 2.58. The highest BCUT2D eigenvalue weighted by Gasteiger charge is 2.10. The first-order valence-corrected chi connectivity index (χ1v) is 6.99. The van der Waals surface area contributed by atoms with E-state index < -0.39 is 0 Å². The molecule has 4 heteroatoms. The molecule has 0 fully saturated rings. The molecule has 0 spiro atoms.